The van der Waals surface area contributed by atoms with Crippen LogP contribution in [0, 0.1) is 0 Å². The van der Waals surface area contributed by atoms with Gasteiger partial charge in [0.15, 0.2) is 6.10 Å². The fourth-order valence-electron chi connectivity index (χ4n) is 6.66. The third kappa shape index (κ3) is 49.1. The van der Waals surface area contributed by atoms with Crippen molar-refractivity contribution in [3.05, 3.63) is 109 Å². The van der Waals surface area contributed by atoms with Gasteiger partial charge in [-0.1, -0.05) is 207 Å². The van der Waals surface area contributed by atoms with Crippen LogP contribution >= 0.6 is 0 Å². The molecule has 1 unspecified atom stereocenters. The van der Waals surface area contributed by atoms with E-state index in [0.29, 0.717) is 19.3 Å². The minimum absolute atomic E-state index is 0.119. The summed E-state index contributed by atoms with van der Waals surface area (Å²) in [4.78, 5) is 38.0. The molecular weight excluding hydrogens is 793 g/mol. The highest BCUT2D eigenvalue weighted by atomic mass is 16.6. The van der Waals surface area contributed by atoms with Crippen molar-refractivity contribution in [2.75, 3.05) is 13.2 Å². The Kier molecular flexibility index (Phi) is 48.5. The standard InChI is InChI=1S/C58H94O6/c1-4-7-10-13-16-19-22-25-27-29-31-33-36-39-42-45-48-51-57(60)63-54-55(53-62-56(59)50-47-44-41-38-35-32-24-21-18-15-12-9-6-3)64-58(61)52-49-46-43-40-37-34-30-28-26-23-20-17-14-11-8-5-2/h9,12,15-16,18-19,21,24-25,27-28,30-31,33-34,37,39,42,55H,4-8,10-11,13-14,17,20,22-23,26,29,32,35-36,38,40-41,43-54H2,1-3H3/b12-9+,18-15+,19-16+,24-21+,27-25+,30-28+,33-31+,37-34+,42-39+. The van der Waals surface area contributed by atoms with Crippen LogP contribution in [-0.2, 0) is 28.6 Å². The maximum Gasteiger partial charge on any atom is 0.306 e. The van der Waals surface area contributed by atoms with E-state index in [1.807, 2.05) is 6.08 Å². The first-order chi connectivity index (χ1) is 31.5. The van der Waals surface area contributed by atoms with Gasteiger partial charge < -0.3 is 14.2 Å². The average molecular weight is 887 g/mol. The predicted octanol–water partition coefficient (Wildman–Crippen LogP) is 17.1. The van der Waals surface area contributed by atoms with E-state index < -0.39 is 6.10 Å². The SMILES string of the molecule is CC/C=C/C=C/C=C/CCCCCCCC(=O)OCC(COC(=O)CCC/C=C/C/C=C/C/C=C/C/C=C/CCCCC)OC(=O)CCCCC/C=C/C=C/CCCCCCCCC. The van der Waals surface area contributed by atoms with E-state index in [2.05, 4.69) is 124 Å². The Bertz CT molecular complexity index is 1340. The van der Waals surface area contributed by atoms with Gasteiger partial charge in [-0.15, -0.1) is 0 Å². The molecule has 1 atom stereocenters. The van der Waals surface area contributed by atoms with Crippen LogP contribution in [0.1, 0.15) is 220 Å². The molecule has 0 saturated carbocycles. The molecule has 64 heavy (non-hydrogen) atoms. The van der Waals surface area contributed by atoms with Gasteiger partial charge in [0.05, 0.1) is 0 Å². The highest BCUT2D eigenvalue weighted by Crippen LogP contribution is 2.12. The summed E-state index contributed by atoms with van der Waals surface area (Å²) < 4.78 is 16.7. The van der Waals surface area contributed by atoms with Gasteiger partial charge in [-0.2, -0.15) is 0 Å². The molecule has 0 aromatic carbocycles. The summed E-state index contributed by atoms with van der Waals surface area (Å²) in [7, 11) is 0. The third-order valence-electron chi connectivity index (χ3n) is 10.6. The van der Waals surface area contributed by atoms with Gasteiger partial charge in [-0.05, 0) is 103 Å². The zero-order valence-electron chi connectivity index (χ0n) is 41.3. The van der Waals surface area contributed by atoms with E-state index in [-0.39, 0.29) is 44.0 Å². The second kappa shape index (κ2) is 51.7. The first kappa shape index (κ1) is 60.1. The molecule has 0 N–H and O–H groups in total. The second-order valence-electron chi connectivity index (χ2n) is 16.8. The topological polar surface area (TPSA) is 78.9 Å². The minimum Gasteiger partial charge on any atom is -0.462 e. The highest BCUT2D eigenvalue weighted by Gasteiger charge is 2.19. The van der Waals surface area contributed by atoms with Crippen LogP contribution in [-0.4, -0.2) is 37.2 Å². The van der Waals surface area contributed by atoms with Crippen molar-refractivity contribution in [1.29, 1.82) is 0 Å². The van der Waals surface area contributed by atoms with Crippen molar-refractivity contribution in [2.45, 2.75) is 226 Å². The van der Waals surface area contributed by atoms with Crippen LogP contribution in [0.3, 0.4) is 0 Å². The Hall–Kier alpha value is -3.93. The molecule has 6 heteroatoms. The van der Waals surface area contributed by atoms with Crippen LogP contribution in [0.4, 0.5) is 0 Å². The van der Waals surface area contributed by atoms with Gasteiger partial charge in [-0.3, -0.25) is 14.4 Å². The van der Waals surface area contributed by atoms with E-state index >= 15 is 0 Å². The van der Waals surface area contributed by atoms with Crippen molar-refractivity contribution < 1.29 is 28.6 Å². The number of ether oxygens (including phenoxy) is 3. The Morgan fingerprint density at radius 3 is 1.20 bits per heavy atom. The Morgan fingerprint density at radius 1 is 0.344 bits per heavy atom. The number of hydrogen-bond donors (Lipinski definition) is 0. The monoisotopic (exact) mass is 887 g/mol. The van der Waals surface area contributed by atoms with Crippen LogP contribution in [0.15, 0.2) is 109 Å². The minimum atomic E-state index is -0.824. The molecule has 0 spiro atoms. The Balaban J connectivity index is 4.56. The molecule has 0 amide bonds. The number of esters is 3. The van der Waals surface area contributed by atoms with E-state index in [4.69, 9.17) is 14.2 Å². The van der Waals surface area contributed by atoms with Crippen LogP contribution in [0.5, 0.6) is 0 Å². The normalized spacial score (nSPS) is 13.0. The van der Waals surface area contributed by atoms with Gasteiger partial charge >= 0.3 is 17.9 Å². The van der Waals surface area contributed by atoms with Gasteiger partial charge in [0, 0.05) is 19.3 Å². The summed E-state index contributed by atoms with van der Waals surface area (Å²) in [5.74, 6) is -1.03. The number of carbonyl (C=O) groups is 3. The maximum atomic E-state index is 12.8. The molecule has 0 fully saturated rings. The molecule has 6 nitrogen and oxygen atoms in total. The predicted molar refractivity (Wildman–Crippen MR) is 274 cm³/mol. The van der Waals surface area contributed by atoms with E-state index in [9.17, 15) is 14.4 Å². The molecule has 0 aliphatic rings. The Labute approximate surface area is 393 Å². The zero-order chi connectivity index (χ0) is 46.5. The number of hydrogen-bond acceptors (Lipinski definition) is 6. The number of unbranched alkanes of at least 4 members (excludes halogenated alkanes) is 19. The molecule has 0 radical (unpaired) electrons. The van der Waals surface area contributed by atoms with Gasteiger partial charge in [0.1, 0.15) is 13.2 Å². The van der Waals surface area contributed by atoms with Crippen molar-refractivity contribution in [3.8, 4) is 0 Å². The molecule has 0 bridgehead atoms. The van der Waals surface area contributed by atoms with Crippen molar-refractivity contribution >= 4 is 17.9 Å². The quantitative estimate of drug-likeness (QED) is 0.0199. The lowest BCUT2D eigenvalue weighted by Crippen LogP contribution is -2.30. The summed E-state index contributed by atoms with van der Waals surface area (Å²) in [6.07, 6.45) is 69.3. The maximum absolute atomic E-state index is 12.8. The third-order valence-corrected chi connectivity index (χ3v) is 10.6. The summed E-state index contributed by atoms with van der Waals surface area (Å²) in [6, 6.07) is 0. The van der Waals surface area contributed by atoms with Gasteiger partial charge in [-0.25, -0.2) is 0 Å². The number of rotatable bonds is 45. The first-order valence-electron chi connectivity index (χ1n) is 25.9. The lowest BCUT2D eigenvalue weighted by molar-refractivity contribution is -0.167. The summed E-state index contributed by atoms with van der Waals surface area (Å²) in [5.41, 5.74) is 0. The Morgan fingerprint density at radius 2 is 0.688 bits per heavy atom. The molecule has 0 aliphatic carbocycles. The molecule has 0 aromatic rings. The molecule has 0 rings (SSSR count). The van der Waals surface area contributed by atoms with Crippen LogP contribution < -0.4 is 0 Å². The molecule has 362 valence electrons. The molecule has 0 aliphatic heterocycles. The van der Waals surface area contributed by atoms with Crippen molar-refractivity contribution in [3.63, 3.8) is 0 Å². The summed E-state index contributed by atoms with van der Waals surface area (Å²) >= 11 is 0. The van der Waals surface area contributed by atoms with Crippen molar-refractivity contribution in [2.24, 2.45) is 0 Å². The summed E-state index contributed by atoms with van der Waals surface area (Å²) in [6.45, 7) is 6.37. The average Bonchev–Trinajstić information content (AvgIpc) is 3.29. The van der Waals surface area contributed by atoms with E-state index in [0.717, 1.165) is 96.3 Å². The fraction of sp³-hybridized carbons (Fsp3) is 0.638. The van der Waals surface area contributed by atoms with Gasteiger partial charge in [0.25, 0.3) is 0 Å². The molecule has 0 aromatic heterocycles. The first-order valence-corrected chi connectivity index (χ1v) is 25.9. The molecule has 0 saturated heterocycles. The van der Waals surface area contributed by atoms with Gasteiger partial charge in [0.2, 0.25) is 0 Å². The molecular formula is C58H94O6. The van der Waals surface area contributed by atoms with E-state index in [1.54, 1.807) is 0 Å². The highest BCUT2D eigenvalue weighted by molar-refractivity contribution is 5.71. The summed E-state index contributed by atoms with van der Waals surface area (Å²) in [5, 5.41) is 0. The van der Waals surface area contributed by atoms with Crippen molar-refractivity contribution in [1.82, 2.24) is 0 Å². The number of carbonyl (C=O) groups excluding carboxylic acids is 3. The zero-order valence-corrected chi connectivity index (χ0v) is 41.3. The largest absolute Gasteiger partial charge is 0.462 e. The lowest BCUT2D eigenvalue weighted by atomic mass is 10.1. The second-order valence-corrected chi connectivity index (χ2v) is 16.8. The number of allylic oxidation sites excluding steroid dienone is 18. The van der Waals surface area contributed by atoms with Crippen LogP contribution in [0.25, 0.3) is 0 Å². The lowest BCUT2D eigenvalue weighted by Gasteiger charge is -2.18. The van der Waals surface area contributed by atoms with E-state index in [1.165, 1.54) is 70.6 Å². The fourth-order valence-corrected chi connectivity index (χ4v) is 6.66. The van der Waals surface area contributed by atoms with Crippen LogP contribution in [0.2, 0.25) is 0 Å². The smallest absolute Gasteiger partial charge is 0.306 e. The molecule has 0 heterocycles.